The van der Waals surface area contributed by atoms with E-state index in [1.807, 2.05) is 54.6 Å². The summed E-state index contributed by atoms with van der Waals surface area (Å²) in [4.78, 5) is 29.3. The lowest BCUT2D eigenvalue weighted by Gasteiger charge is -2.32. The van der Waals surface area contributed by atoms with E-state index in [1.54, 1.807) is 4.90 Å². The average Bonchev–Trinajstić information content (AvgIpc) is 3.39. The Hall–Kier alpha value is -2.92. The molecule has 0 heterocycles. The summed E-state index contributed by atoms with van der Waals surface area (Å²) in [7, 11) is 0. The summed E-state index contributed by atoms with van der Waals surface area (Å²) in [5.74, 6) is -0.0533. The van der Waals surface area contributed by atoms with Gasteiger partial charge < -0.3 is 10.2 Å². The average molecular weight is 548 g/mol. The summed E-state index contributed by atoms with van der Waals surface area (Å²) >= 11 is 3.55. The molecule has 3 aromatic rings. The Balaban J connectivity index is 1.60. The van der Waals surface area contributed by atoms with Crippen molar-refractivity contribution in [3.63, 3.8) is 0 Å². The predicted octanol–water partition coefficient (Wildman–Crippen LogP) is 6.39. The number of halogens is 1. The highest BCUT2D eigenvalue weighted by atomic mass is 79.9. The zero-order valence-electron chi connectivity index (χ0n) is 21.0. The Kier molecular flexibility index (Phi) is 9.35. The molecule has 1 atom stereocenters. The maximum Gasteiger partial charge on any atom is 0.243 e. The quantitative estimate of drug-likeness (QED) is 0.320. The molecular weight excluding hydrogens is 512 g/mol. The van der Waals surface area contributed by atoms with E-state index in [0.29, 0.717) is 25.8 Å². The van der Waals surface area contributed by atoms with Crippen LogP contribution in [0.15, 0.2) is 83.3 Å². The van der Waals surface area contributed by atoms with Crippen LogP contribution in [-0.2, 0) is 29.0 Å². The molecule has 1 unspecified atom stereocenters. The van der Waals surface area contributed by atoms with Gasteiger partial charge >= 0.3 is 0 Å². The first-order valence-corrected chi connectivity index (χ1v) is 13.7. The van der Waals surface area contributed by atoms with Gasteiger partial charge in [0.15, 0.2) is 0 Å². The molecular formula is C31H35BrN2O2. The van der Waals surface area contributed by atoms with Crippen molar-refractivity contribution < 1.29 is 9.59 Å². The molecule has 1 N–H and O–H groups in total. The van der Waals surface area contributed by atoms with Crippen molar-refractivity contribution in [2.75, 3.05) is 0 Å². The number of carbonyl (C=O) groups excluding carboxylic acids is 2. The molecule has 188 valence electrons. The molecule has 4 rings (SSSR count). The third-order valence-corrected chi connectivity index (χ3v) is 7.46. The van der Waals surface area contributed by atoms with E-state index in [2.05, 4.69) is 52.4 Å². The highest BCUT2D eigenvalue weighted by Crippen LogP contribution is 2.22. The van der Waals surface area contributed by atoms with Gasteiger partial charge in [0.05, 0.1) is 0 Å². The van der Waals surface area contributed by atoms with Gasteiger partial charge in [-0.05, 0) is 55.0 Å². The van der Waals surface area contributed by atoms with E-state index in [4.69, 9.17) is 0 Å². The van der Waals surface area contributed by atoms with Gasteiger partial charge in [0, 0.05) is 29.9 Å². The van der Waals surface area contributed by atoms with Gasteiger partial charge in [0.1, 0.15) is 6.04 Å². The molecule has 1 fully saturated rings. The fourth-order valence-corrected chi connectivity index (χ4v) is 5.35. The highest BCUT2D eigenvalue weighted by molar-refractivity contribution is 9.10. The maximum atomic E-state index is 13.8. The van der Waals surface area contributed by atoms with Crippen molar-refractivity contribution in [3.8, 4) is 0 Å². The SMILES string of the molecule is Cc1ccc(CCC(=O)N(Cc2cccc(Br)c2)C(Cc2ccccc2)C(=O)NC2CCCC2)cc1. The van der Waals surface area contributed by atoms with E-state index in [0.717, 1.165) is 46.8 Å². The van der Waals surface area contributed by atoms with Crippen molar-refractivity contribution in [2.45, 2.75) is 70.5 Å². The number of amides is 2. The third kappa shape index (κ3) is 7.54. The lowest BCUT2D eigenvalue weighted by atomic mass is 10.0. The molecule has 0 saturated heterocycles. The van der Waals surface area contributed by atoms with Gasteiger partial charge in [0.25, 0.3) is 0 Å². The van der Waals surface area contributed by atoms with Crippen LogP contribution >= 0.6 is 15.9 Å². The van der Waals surface area contributed by atoms with E-state index in [1.165, 1.54) is 5.56 Å². The molecule has 36 heavy (non-hydrogen) atoms. The van der Waals surface area contributed by atoms with Gasteiger partial charge in [-0.3, -0.25) is 9.59 Å². The number of aryl methyl sites for hydroxylation is 2. The molecule has 0 aliphatic heterocycles. The fraction of sp³-hybridized carbons (Fsp3) is 0.355. The van der Waals surface area contributed by atoms with Crippen LogP contribution in [0.2, 0.25) is 0 Å². The van der Waals surface area contributed by atoms with Crippen LogP contribution in [0.3, 0.4) is 0 Å². The molecule has 4 nitrogen and oxygen atoms in total. The smallest absolute Gasteiger partial charge is 0.243 e. The number of rotatable bonds is 10. The van der Waals surface area contributed by atoms with Crippen molar-refractivity contribution in [3.05, 3.63) is 106 Å². The Morgan fingerprint density at radius 1 is 0.917 bits per heavy atom. The van der Waals surface area contributed by atoms with Crippen LogP contribution in [0.5, 0.6) is 0 Å². The van der Waals surface area contributed by atoms with Gasteiger partial charge in [0.2, 0.25) is 11.8 Å². The Bertz CT molecular complexity index is 1140. The van der Waals surface area contributed by atoms with E-state index < -0.39 is 6.04 Å². The van der Waals surface area contributed by atoms with Gasteiger partial charge in [-0.1, -0.05) is 101 Å². The van der Waals surface area contributed by atoms with Crippen LogP contribution in [0.25, 0.3) is 0 Å². The number of hydrogen-bond acceptors (Lipinski definition) is 2. The van der Waals surface area contributed by atoms with Crippen molar-refractivity contribution >= 4 is 27.7 Å². The second kappa shape index (κ2) is 12.9. The second-order valence-electron chi connectivity index (χ2n) is 9.83. The van der Waals surface area contributed by atoms with Crippen LogP contribution in [0.1, 0.15) is 54.4 Å². The number of benzene rings is 3. The van der Waals surface area contributed by atoms with E-state index in [-0.39, 0.29) is 17.9 Å². The highest BCUT2D eigenvalue weighted by Gasteiger charge is 2.32. The molecule has 0 radical (unpaired) electrons. The molecule has 0 bridgehead atoms. The Labute approximate surface area is 223 Å². The third-order valence-electron chi connectivity index (χ3n) is 6.96. The first-order valence-electron chi connectivity index (χ1n) is 12.9. The van der Waals surface area contributed by atoms with Crippen LogP contribution in [0.4, 0.5) is 0 Å². The van der Waals surface area contributed by atoms with Crippen molar-refractivity contribution in [1.29, 1.82) is 0 Å². The minimum absolute atomic E-state index is 0.00180. The first-order chi connectivity index (χ1) is 17.5. The van der Waals surface area contributed by atoms with Crippen LogP contribution in [-0.4, -0.2) is 28.8 Å². The lowest BCUT2D eigenvalue weighted by Crippen LogP contribution is -2.52. The number of nitrogens with zero attached hydrogens (tertiary/aromatic N) is 1. The molecule has 5 heteroatoms. The van der Waals surface area contributed by atoms with E-state index >= 15 is 0 Å². The summed E-state index contributed by atoms with van der Waals surface area (Å²) in [5.41, 5.74) is 4.38. The van der Waals surface area contributed by atoms with Crippen molar-refractivity contribution in [2.24, 2.45) is 0 Å². The predicted molar refractivity (Wildman–Crippen MR) is 149 cm³/mol. The largest absolute Gasteiger partial charge is 0.352 e. The van der Waals surface area contributed by atoms with Gasteiger partial charge in [-0.2, -0.15) is 0 Å². The molecule has 0 spiro atoms. The summed E-state index contributed by atoms with van der Waals surface area (Å²) in [6.07, 6.45) is 5.81. The van der Waals surface area contributed by atoms with Gasteiger partial charge in [-0.25, -0.2) is 0 Å². The standard InChI is InChI=1S/C31H35BrN2O2/c1-23-14-16-24(17-15-23)18-19-30(35)34(22-26-10-7-11-27(32)20-26)29(21-25-8-3-2-4-9-25)31(36)33-28-12-5-6-13-28/h2-4,7-11,14-17,20,28-29H,5-6,12-13,18-19,21-22H2,1H3,(H,33,36). The first kappa shape index (κ1) is 26.2. The number of carbonyl (C=O) groups is 2. The van der Waals surface area contributed by atoms with Gasteiger partial charge in [-0.15, -0.1) is 0 Å². The zero-order chi connectivity index (χ0) is 25.3. The normalized spacial score (nSPS) is 14.4. The molecule has 1 aliphatic carbocycles. The molecule has 1 aliphatic rings. The number of hydrogen-bond donors (Lipinski definition) is 1. The minimum Gasteiger partial charge on any atom is -0.352 e. The van der Waals surface area contributed by atoms with Crippen LogP contribution < -0.4 is 5.32 Å². The minimum atomic E-state index is -0.572. The monoisotopic (exact) mass is 546 g/mol. The fourth-order valence-electron chi connectivity index (χ4n) is 4.90. The molecule has 3 aromatic carbocycles. The van der Waals surface area contributed by atoms with E-state index in [9.17, 15) is 9.59 Å². The summed E-state index contributed by atoms with van der Waals surface area (Å²) in [6, 6.07) is 25.9. The molecule has 0 aromatic heterocycles. The number of nitrogens with one attached hydrogen (secondary N) is 1. The lowest BCUT2D eigenvalue weighted by molar-refractivity contribution is -0.141. The Morgan fingerprint density at radius 2 is 1.61 bits per heavy atom. The summed E-state index contributed by atoms with van der Waals surface area (Å²) < 4.78 is 0.960. The molecule has 2 amide bonds. The second-order valence-corrected chi connectivity index (χ2v) is 10.7. The summed E-state index contributed by atoms with van der Waals surface area (Å²) in [6.45, 7) is 2.45. The Morgan fingerprint density at radius 3 is 2.31 bits per heavy atom. The summed E-state index contributed by atoms with van der Waals surface area (Å²) in [5, 5.41) is 3.27. The topological polar surface area (TPSA) is 49.4 Å². The maximum absolute atomic E-state index is 13.8. The van der Waals surface area contributed by atoms with Crippen LogP contribution in [0, 0.1) is 6.92 Å². The zero-order valence-corrected chi connectivity index (χ0v) is 22.5. The molecule has 1 saturated carbocycles. The van der Waals surface area contributed by atoms with Crippen molar-refractivity contribution in [1.82, 2.24) is 10.2 Å².